The number of hydrogen-bond donors (Lipinski definition) is 2. The monoisotopic (exact) mass is 517 g/mol. The van der Waals surface area contributed by atoms with E-state index < -0.39 is 11.9 Å². The van der Waals surface area contributed by atoms with Gasteiger partial charge >= 0.3 is 6.18 Å². The molecule has 11 heteroatoms. The maximum atomic E-state index is 12.6. The highest BCUT2D eigenvalue weighted by atomic mass is 127. The van der Waals surface area contributed by atoms with Crippen LogP contribution in [0.4, 0.5) is 13.2 Å². The van der Waals surface area contributed by atoms with Gasteiger partial charge in [-0.15, -0.1) is 35.3 Å². The van der Waals surface area contributed by atoms with Crippen molar-refractivity contribution in [3.05, 3.63) is 33.6 Å². The first-order valence-corrected chi connectivity index (χ1v) is 9.16. The Morgan fingerprint density at radius 1 is 1.33 bits per heavy atom. The summed E-state index contributed by atoms with van der Waals surface area (Å²) in [5.74, 6) is 1.49. The number of nitrogens with zero attached hydrogens (tertiary/aromatic N) is 3. The van der Waals surface area contributed by atoms with Crippen LogP contribution in [0.5, 0.6) is 0 Å². The van der Waals surface area contributed by atoms with Crippen molar-refractivity contribution < 1.29 is 17.7 Å². The molecule has 0 unspecified atom stereocenters. The molecule has 0 amide bonds. The van der Waals surface area contributed by atoms with Gasteiger partial charge in [-0.2, -0.15) is 13.2 Å². The summed E-state index contributed by atoms with van der Waals surface area (Å²) in [6.45, 7) is 7.39. The fourth-order valence-electron chi connectivity index (χ4n) is 2.02. The number of aliphatic imine (C=N–C) groups is 1. The van der Waals surface area contributed by atoms with E-state index in [2.05, 4.69) is 25.8 Å². The molecule has 2 N–H and O–H groups in total. The SMILES string of the molecule is CCNC(=NCc1cc(C(C)C)no1)NCCc1nc(C(F)(F)F)cs1.I. The number of hydrogen-bond acceptors (Lipinski definition) is 5. The molecule has 0 aromatic carbocycles. The molecular formula is C16H23F3IN5OS. The van der Waals surface area contributed by atoms with Crippen LogP contribution in [-0.4, -0.2) is 29.2 Å². The van der Waals surface area contributed by atoms with Crippen LogP contribution < -0.4 is 10.6 Å². The van der Waals surface area contributed by atoms with Crippen LogP contribution in [0.15, 0.2) is 21.0 Å². The Labute approximate surface area is 177 Å². The number of thiazole rings is 1. The van der Waals surface area contributed by atoms with E-state index in [1.807, 2.05) is 26.8 Å². The highest BCUT2D eigenvalue weighted by Crippen LogP contribution is 2.30. The number of nitrogens with one attached hydrogen (secondary N) is 2. The molecule has 0 aliphatic heterocycles. The Bertz CT molecular complexity index is 730. The minimum atomic E-state index is -4.40. The van der Waals surface area contributed by atoms with Crippen molar-refractivity contribution in [1.29, 1.82) is 0 Å². The summed E-state index contributed by atoms with van der Waals surface area (Å²) in [4.78, 5) is 8.00. The molecule has 2 rings (SSSR count). The van der Waals surface area contributed by atoms with Crippen LogP contribution >= 0.6 is 35.3 Å². The van der Waals surface area contributed by atoms with Crippen LogP contribution in [0, 0.1) is 0 Å². The summed E-state index contributed by atoms with van der Waals surface area (Å²) in [6.07, 6.45) is -4.02. The predicted octanol–water partition coefficient (Wildman–Crippen LogP) is 4.19. The summed E-state index contributed by atoms with van der Waals surface area (Å²) in [5, 5.41) is 11.6. The van der Waals surface area contributed by atoms with Gasteiger partial charge in [0.25, 0.3) is 0 Å². The first-order valence-electron chi connectivity index (χ1n) is 8.28. The van der Waals surface area contributed by atoms with Gasteiger partial charge < -0.3 is 15.2 Å². The third-order valence-electron chi connectivity index (χ3n) is 3.38. The lowest BCUT2D eigenvalue weighted by molar-refractivity contribution is -0.140. The second kappa shape index (κ2) is 10.8. The van der Waals surface area contributed by atoms with Crippen LogP contribution in [0.25, 0.3) is 0 Å². The van der Waals surface area contributed by atoms with Crippen molar-refractivity contribution in [2.45, 2.75) is 45.8 Å². The quantitative estimate of drug-likeness (QED) is 0.328. The molecule has 2 aromatic heterocycles. The van der Waals surface area contributed by atoms with E-state index in [4.69, 9.17) is 4.52 Å². The van der Waals surface area contributed by atoms with E-state index in [9.17, 15) is 13.2 Å². The van der Waals surface area contributed by atoms with Gasteiger partial charge in [0, 0.05) is 31.0 Å². The maximum absolute atomic E-state index is 12.6. The molecule has 0 aliphatic rings. The molecule has 6 nitrogen and oxygen atoms in total. The van der Waals surface area contributed by atoms with Crippen molar-refractivity contribution in [2.24, 2.45) is 4.99 Å². The Hall–Kier alpha value is -1.37. The molecule has 0 saturated carbocycles. The normalized spacial score (nSPS) is 12.2. The fourth-order valence-corrected chi connectivity index (χ4v) is 2.82. The average Bonchev–Trinajstić information content (AvgIpc) is 3.21. The van der Waals surface area contributed by atoms with Gasteiger partial charge in [0.15, 0.2) is 17.4 Å². The molecule has 0 saturated heterocycles. The first kappa shape index (κ1) is 23.7. The highest BCUT2D eigenvalue weighted by Gasteiger charge is 2.33. The summed E-state index contributed by atoms with van der Waals surface area (Å²) >= 11 is 1.00. The summed E-state index contributed by atoms with van der Waals surface area (Å²) in [6, 6.07) is 1.87. The van der Waals surface area contributed by atoms with Crippen LogP contribution in [0.1, 0.15) is 48.8 Å². The van der Waals surface area contributed by atoms with Gasteiger partial charge in [-0.05, 0) is 12.8 Å². The van der Waals surface area contributed by atoms with E-state index in [-0.39, 0.29) is 29.9 Å². The molecule has 2 aromatic rings. The second-order valence-corrected chi connectivity index (χ2v) is 6.81. The van der Waals surface area contributed by atoms with E-state index in [0.29, 0.717) is 42.8 Å². The third kappa shape index (κ3) is 7.64. The number of rotatable bonds is 7. The second-order valence-electron chi connectivity index (χ2n) is 5.87. The average molecular weight is 517 g/mol. The van der Waals surface area contributed by atoms with Gasteiger partial charge in [-0.3, -0.25) is 0 Å². The zero-order valence-electron chi connectivity index (χ0n) is 15.3. The predicted molar refractivity (Wildman–Crippen MR) is 110 cm³/mol. The molecular weight excluding hydrogens is 494 g/mol. The van der Waals surface area contributed by atoms with Gasteiger partial charge in [0.1, 0.15) is 6.54 Å². The van der Waals surface area contributed by atoms with Crippen molar-refractivity contribution in [1.82, 2.24) is 20.8 Å². The largest absolute Gasteiger partial charge is 0.434 e. The fraction of sp³-hybridized carbons (Fsp3) is 0.562. The van der Waals surface area contributed by atoms with Crippen LogP contribution in [0.2, 0.25) is 0 Å². The van der Waals surface area contributed by atoms with E-state index >= 15 is 0 Å². The maximum Gasteiger partial charge on any atom is 0.434 e. The smallest absolute Gasteiger partial charge is 0.359 e. The minimum absolute atomic E-state index is 0. The zero-order valence-corrected chi connectivity index (χ0v) is 18.4. The summed E-state index contributed by atoms with van der Waals surface area (Å²) in [5.41, 5.74) is 0.0294. The molecule has 2 heterocycles. The Morgan fingerprint density at radius 2 is 2.07 bits per heavy atom. The number of aromatic nitrogens is 2. The standard InChI is InChI=1S/C16H22F3N5OS.HI/c1-4-20-15(22-8-11-7-12(10(2)3)24-25-11)21-6-5-14-23-13(9-26-14)16(17,18)19;/h7,9-10H,4-6,8H2,1-3H3,(H2,20,21,22);1H. The molecule has 0 bridgehead atoms. The zero-order chi connectivity index (χ0) is 19.2. The topological polar surface area (TPSA) is 75.3 Å². The lowest BCUT2D eigenvalue weighted by Crippen LogP contribution is -2.38. The lowest BCUT2D eigenvalue weighted by atomic mass is 10.1. The van der Waals surface area contributed by atoms with Crippen molar-refractivity contribution in [2.75, 3.05) is 13.1 Å². The number of halogens is 4. The van der Waals surface area contributed by atoms with Gasteiger partial charge in [0.05, 0.1) is 10.7 Å². The molecule has 0 radical (unpaired) electrons. The molecule has 27 heavy (non-hydrogen) atoms. The van der Waals surface area contributed by atoms with Gasteiger partial charge in [-0.1, -0.05) is 19.0 Å². The van der Waals surface area contributed by atoms with E-state index in [1.165, 1.54) is 0 Å². The Morgan fingerprint density at radius 3 is 2.63 bits per heavy atom. The highest BCUT2D eigenvalue weighted by molar-refractivity contribution is 14.0. The van der Waals surface area contributed by atoms with Gasteiger partial charge in [0.2, 0.25) is 0 Å². The number of alkyl halides is 3. The van der Waals surface area contributed by atoms with Crippen molar-refractivity contribution in [3.63, 3.8) is 0 Å². The van der Waals surface area contributed by atoms with Crippen LogP contribution in [0.3, 0.4) is 0 Å². The van der Waals surface area contributed by atoms with Crippen molar-refractivity contribution >= 4 is 41.3 Å². The summed E-state index contributed by atoms with van der Waals surface area (Å²) < 4.78 is 42.9. The Balaban J connectivity index is 0.00000364. The minimum Gasteiger partial charge on any atom is -0.359 e. The molecule has 0 fully saturated rings. The Kier molecular flexibility index (Phi) is 9.50. The van der Waals surface area contributed by atoms with E-state index in [1.54, 1.807) is 0 Å². The molecule has 0 aliphatic carbocycles. The molecule has 152 valence electrons. The van der Waals surface area contributed by atoms with Crippen molar-refractivity contribution in [3.8, 4) is 0 Å². The first-order chi connectivity index (χ1) is 12.3. The molecule has 0 spiro atoms. The summed E-state index contributed by atoms with van der Waals surface area (Å²) in [7, 11) is 0. The molecule has 0 atom stereocenters. The van der Waals surface area contributed by atoms with Gasteiger partial charge in [-0.25, -0.2) is 9.98 Å². The lowest BCUT2D eigenvalue weighted by Gasteiger charge is -2.10. The van der Waals surface area contributed by atoms with Crippen LogP contribution in [-0.2, 0) is 19.1 Å². The third-order valence-corrected chi connectivity index (χ3v) is 4.29. The van der Waals surface area contributed by atoms with E-state index in [0.717, 1.165) is 22.4 Å². The number of guanidine groups is 1.